The molecule has 3 heteroatoms. The lowest BCUT2D eigenvalue weighted by Gasteiger charge is -2.00. The van der Waals surface area contributed by atoms with Crippen molar-refractivity contribution < 1.29 is 14.2 Å². The minimum absolute atomic E-state index is 0.00756. The van der Waals surface area contributed by atoms with Crippen LogP contribution in [0.15, 0.2) is 18.2 Å². The van der Waals surface area contributed by atoms with E-state index in [9.17, 15) is 4.39 Å². The van der Waals surface area contributed by atoms with Crippen LogP contribution in [-0.4, -0.2) is 18.8 Å². The standard InChI is InChI=1S/C12H13FO2/c1-15-9-10-5-6-12(13)11(8-10)4-2-3-7-14/h5-6,8,14H,3,7,9H2,1H3. The minimum atomic E-state index is -0.347. The van der Waals surface area contributed by atoms with Crippen molar-refractivity contribution in [3.63, 3.8) is 0 Å². The van der Waals surface area contributed by atoms with E-state index in [1.54, 1.807) is 19.2 Å². The average molecular weight is 208 g/mol. The molecule has 0 saturated carbocycles. The predicted molar refractivity (Wildman–Crippen MR) is 55.7 cm³/mol. The fourth-order valence-electron chi connectivity index (χ4n) is 1.14. The third-order valence-electron chi connectivity index (χ3n) is 1.80. The maximum Gasteiger partial charge on any atom is 0.138 e. The highest BCUT2D eigenvalue weighted by Gasteiger charge is 2.00. The third kappa shape index (κ3) is 3.70. The quantitative estimate of drug-likeness (QED) is 0.766. The van der Waals surface area contributed by atoms with Crippen LogP contribution in [0, 0.1) is 17.7 Å². The lowest BCUT2D eigenvalue weighted by molar-refractivity contribution is 0.185. The summed E-state index contributed by atoms with van der Waals surface area (Å²) >= 11 is 0. The Labute approximate surface area is 88.7 Å². The summed E-state index contributed by atoms with van der Waals surface area (Å²) in [4.78, 5) is 0. The fraction of sp³-hybridized carbons (Fsp3) is 0.333. The zero-order chi connectivity index (χ0) is 11.1. The van der Waals surface area contributed by atoms with Crippen molar-refractivity contribution in [2.75, 3.05) is 13.7 Å². The van der Waals surface area contributed by atoms with E-state index in [4.69, 9.17) is 9.84 Å². The average Bonchev–Trinajstić information content (AvgIpc) is 2.23. The van der Waals surface area contributed by atoms with Gasteiger partial charge in [-0.1, -0.05) is 17.9 Å². The van der Waals surface area contributed by atoms with Gasteiger partial charge in [0.15, 0.2) is 0 Å². The molecule has 1 aromatic carbocycles. The number of benzene rings is 1. The van der Waals surface area contributed by atoms with Crippen molar-refractivity contribution in [2.45, 2.75) is 13.0 Å². The predicted octanol–water partition coefficient (Wildman–Crippen LogP) is 1.71. The zero-order valence-electron chi connectivity index (χ0n) is 8.59. The molecule has 0 atom stereocenters. The molecule has 80 valence electrons. The Hall–Kier alpha value is -1.37. The van der Waals surface area contributed by atoms with E-state index in [2.05, 4.69) is 11.8 Å². The molecule has 0 heterocycles. The van der Waals surface area contributed by atoms with Gasteiger partial charge in [-0.3, -0.25) is 0 Å². The molecule has 15 heavy (non-hydrogen) atoms. The number of halogens is 1. The molecule has 0 amide bonds. The summed E-state index contributed by atoms with van der Waals surface area (Å²) in [6, 6.07) is 4.69. The molecule has 0 unspecified atom stereocenters. The molecule has 0 radical (unpaired) electrons. The third-order valence-corrected chi connectivity index (χ3v) is 1.80. The molecule has 0 fully saturated rings. The number of rotatable bonds is 3. The maximum atomic E-state index is 13.2. The SMILES string of the molecule is COCc1ccc(F)c(C#CCCO)c1. The summed E-state index contributed by atoms with van der Waals surface area (Å²) in [5.74, 6) is 5.01. The Kier molecular flexibility index (Phi) is 4.82. The lowest BCUT2D eigenvalue weighted by atomic mass is 10.1. The number of methoxy groups -OCH3 is 1. The Morgan fingerprint density at radius 2 is 2.27 bits per heavy atom. The summed E-state index contributed by atoms with van der Waals surface area (Å²) in [5, 5.41) is 8.54. The van der Waals surface area contributed by atoms with Crippen molar-refractivity contribution in [1.29, 1.82) is 0 Å². The molecule has 2 nitrogen and oxygen atoms in total. The highest BCUT2D eigenvalue weighted by Crippen LogP contribution is 2.10. The second kappa shape index (κ2) is 6.18. The van der Waals surface area contributed by atoms with Gasteiger partial charge in [-0.2, -0.15) is 0 Å². The van der Waals surface area contributed by atoms with Gasteiger partial charge in [-0.25, -0.2) is 4.39 Å². The first kappa shape index (κ1) is 11.7. The van der Waals surface area contributed by atoms with Gasteiger partial charge in [0.1, 0.15) is 5.82 Å². The molecule has 0 aliphatic rings. The van der Waals surface area contributed by atoms with Crippen LogP contribution in [0.2, 0.25) is 0 Å². The van der Waals surface area contributed by atoms with Crippen LogP contribution in [0.3, 0.4) is 0 Å². The van der Waals surface area contributed by atoms with Crippen LogP contribution < -0.4 is 0 Å². The first-order chi connectivity index (χ1) is 7.27. The van der Waals surface area contributed by atoms with Crippen LogP contribution >= 0.6 is 0 Å². The summed E-state index contributed by atoms with van der Waals surface area (Å²) in [5.41, 5.74) is 1.23. The second-order valence-corrected chi connectivity index (χ2v) is 3.02. The Morgan fingerprint density at radius 3 is 2.93 bits per heavy atom. The number of hydrogen-bond donors (Lipinski definition) is 1. The number of aliphatic hydroxyl groups is 1. The van der Waals surface area contributed by atoms with Crippen molar-refractivity contribution in [3.8, 4) is 11.8 Å². The minimum Gasteiger partial charge on any atom is -0.395 e. The fourth-order valence-corrected chi connectivity index (χ4v) is 1.14. The Balaban J connectivity index is 2.86. The van der Waals surface area contributed by atoms with Crippen molar-refractivity contribution in [3.05, 3.63) is 35.1 Å². The summed E-state index contributed by atoms with van der Waals surface area (Å²) in [7, 11) is 1.58. The first-order valence-electron chi connectivity index (χ1n) is 4.65. The van der Waals surface area contributed by atoms with E-state index >= 15 is 0 Å². The molecule has 0 aliphatic heterocycles. The largest absolute Gasteiger partial charge is 0.395 e. The summed E-state index contributed by atoms with van der Waals surface area (Å²) < 4.78 is 18.2. The second-order valence-electron chi connectivity index (χ2n) is 3.02. The lowest BCUT2D eigenvalue weighted by Crippen LogP contribution is -1.91. The Bertz CT molecular complexity index is 377. The van der Waals surface area contributed by atoms with Gasteiger partial charge in [0.05, 0.1) is 18.8 Å². The van der Waals surface area contributed by atoms with Crippen LogP contribution in [0.4, 0.5) is 4.39 Å². The van der Waals surface area contributed by atoms with Gasteiger partial charge in [-0.15, -0.1) is 0 Å². The van der Waals surface area contributed by atoms with E-state index in [0.29, 0.717) is 18.6 Å². The monoisotopic (exact) mass is 208 g/mol. The normalized spacial score (nSPS) is 9.53. The van der Waals surface area contributed by atoms with Gasteiger partial charge in [0, 0.05) is 13.5 Å². The summed E-state index contributed by atoms with van der Waals surface area (Å²) in [6.45, 7) is 0.432. The van der Waals surface area contributed by atoms with E-state index in [0.717, 1.165) is 5.56 Å². The zero-order valence-corrected chi connectivity index (χ0v) is 8.59. The maximum absolute atomic E-state index is 13.2. The molecule has 1 aromatic rings. The number of hydrogen-bond acceptors (Lipinski definition) is 2. The topological polar surface area (TPSA) is 29.5 Å². The number of ether oxygens (including phenoxy) is 1. The van der Waals surface area contributed by atoms with Crippen molar-refractivity contribution >= 4 is 0 Å². The molecular formula is C12H13FO2. The number of aliphatic hydroxyl groups excluding tert-OH is 1. The molecule has 0 aliphatic carbocycles. The molecule has 0 saturated heterocycles. The molecule has 0 bridgehead atoms. The summed E-state index contributed by atoms with van der Waals surface area (Å²) in [6.07, 6.45) is 0.355. The van der Waals surface area contributed by atoms with Gasteiger partial charge in [-0.05, 0) is 17.7 Å². The van der Waals surface area contributed by atoms with E-state index in [1.807, 2.05) is 0 Å². The smallest absolute Gasteiger partial charge is 0.138 e. The van der Waals surface area contributed by atoms with Crippen molar-refractivity contribution in [1.82, 2.24) is 0 Å². The van der Waals surface area contributed by atoms with Crippen molar-refractivity contribution in [2.24, 2.45) is 0 Å². The highest BCUT2D eigenvalue weighted by atomic mass is 19.1. The highest BCUT2D eigenvalue weighted by molar-refractivity contribution is 5.38. The van der Waals surface area contributed by atoms with Gasteiger partial charge >= 0.3 is 0 Å². The van der Waals surface area contributed by atoms with E-state index in [1.165, 1.54) is 6.07 Å². The Morgan fingerprint density at radius 1 is 1.47 bits per heavy atom. The van der Waals surface area contributed by atoms with Gasteiger partial charge < -0.3 is 9.84 Å². The molecule has 1 N–H and O–H groups in total. The molecule has 1 rings (SSSR count). The molecular weight excluding hydrogens is 195 g/mol. The van der Waals surface area contributed by atoms with Gasteiger partial charge in [0.2, 0.25) is 0 Å². The molecule has 0 aromatic heterocycles. The first-order valence-corrected chi connectivity index (χ1v) is 4.65. The van der Waals surface area contributed by atoms with Crippen LogP contribution in [0.1, 0.15) is 17.5 Å². The molecule has 0 spiro atoms. The van der Waals surface area contributed by atoms with Gasteiger partial charge in [0.25, 0.3) is 0 Å². The van der Waals surface area contributed by atoms with Crippen LogP contribution in [0.25, 0.3) is 0 Å². The van der Waals surface area contributed by atoms with Crippen LogP contribution in [0.5, 0.6) is 0 Å². The van der Waals surface area contributed by atoms with E-state index < -0.39 is 0 Å². The van der Waals surface area contributed by atoms with Crippen LogP contribution in [-0.2, 0) is 11.3 Å². The van der Waals surface area contributed by atoms with E-state index in [-0.39, 0.29) is 12.4 Å².